The largest absolute Gasteiger partial charge is 0.396 e. The summed E-state index contributed by atoms with van der Waals surface area (Å²) in [7, 11) is 0. The van der Waals surface area contributed by atoms with Crippen LogP contribution in [0, 0.1) is 0 Å². The minimum absolute atomic E-state index is 0.253. The maximum atomic E-state index is 9.02. The number of thiophene rings is 1. The van der Waals surface area contributed by atoms with Crippen molar-refractivity contribution >= 4 is 39.1 Å². The third-order valence-electron chi connectivity index (χ3n) is 5.44. The summed E-state index contributed by atoms with van der Waals surface area (Å²) in [6.07, 6.45) is 3.33. The summed E-state index contributed by atoms with van der Waals surface area (Å²) in [5.74, 6) is 3.06. The maximum absolute atomic E-state index is 9.02. The van der Waals surface area contributed by atoms with Crippen molar-refractivity contribution in [1.82, 2.24) is 25.1 Å². The van der Waals surface area contributed by atoms with Gasteiger partial charge in [-0.15, -0.1) is 11.3 Å². The summed E-state index contributed by atoms with van der Waals surface area (Å²) in [6, 6.07) is 4.15. The minimum Gasteiger partial charge on any atom is -0.396 e. The molecule has 0 amide bonds. The summed E-state index contributed by atoms with van der Waals surface area (Å²) in [5, 5.41) is 22.0. The number of nitrogens with zero attached hydrogens (tertiary/aromatic N) is 5. The number of piperazine rings is 1. The Labute approximate surface area is 167 Å². The van der Waals surface area contributed by atoms with Crippen LogP contribution in [0.2, 0.25) is 0 Å². The number of H-pyrrole nitrogens is 1. The maximum Gasteiger partial charge on any atom is 0.228 e. The van der Waals surface area contributed by atoms with Crippen molar-refractivity contribution < 1.29 is 5.11 Å². The van der Waals surface area contributed by atoms with Crippen LogP contribution in [0.25, 0.3) is 10.2 Å². The second kappa shape index (κ2) is 7.65. The minimum atomic E-state index is 0.253. The second-order valence-electron chi connectivity index (χ2n) is 7.52. The first-order valence-corrected chi connectivity index (χ1v) is 10.8. The molecule has 3 aromatic rings. The third-order valence-corrected chi connectivity index (χ3v) is 6.35. The molecule has 5 rings (SSSR count). The number of hydrogen-bond donors (Lipinski definition) is 3. The fraction of sp³-hybridized carbons (Fsp3) is 0.526. The summed E-state index contributed by atoms with van der Waals surface area (Å²) >= 11 is 1.65. The van der Waals surface area contributed by atoms with Crippen LogP contribution in [-0.4, -0.2) is 69.5 Å². The third kappa shape index (κ3) is 3.69. The molecule has 0 bridgehead atoms. The number of aliphatic hydroxyl groups is 1. The molecule has 0 radical (unpaired) electrons. The van der Waals surface area contributed by atoms with Gasteiger partial charge in [0.1, 0.15) is 0 Å². The first-order valence-electron chi connectivity index (χ1n) is 9.96. The predicted molar refractivity (Wildman–Crippen MR) is 112 cm³/mol. The first-order chi connectivity index (χ1) is 13.8. The zero-order chi connectivity index (χ0) is 18.9. The van der Waals surface area contributed by atoms with Crippen LogP contribution in [-0.2, 0) is 0 Å². The van der Waals surface area contributed by atoms with E-state index < -0.39 is 0 Å². The Kier molecular flexibility index (Phi) is 4.87. The number of aromatic amines is 1. The number of aliphatic hydroxyl groups excluding tert-OH is 1. The van der Waals surface area contributed by atoms with Gasteiger partial charge in [0.05, 0.1) is 10.2 Å². The van der Waals surface area contributed by atoms with E-state index in [4.69, 9.17) is 15.1 Å². The number of hydrogen-bond acceptors (Lipinski definition) is 8. The van der Waals surface area contributed by atoms with Crippen molar-refractivity contribution in [3.63, 3.8) is 0 Å². The molecule has 0 aromatic carbocycles. The smallest absolute Gasteiger partial charge is 0.228 e. The van der Waals surface area contributed by atoms with E-state index in [1.165, 1.54) is 18.5 Å². The second-order valence-corrected chi connectivity index (χ2v) is 8.44. The molecule has 3 N–H and O–H groups in total. The molecule has 2 aliphatic rings. The Hall–Kier alpha value is -2.23. The van der Waals surface area contributed by atoms with E-state index in [-0.39, 0.29) is 6.61 Å². The fourth-order valence-electron chi connectivity index (χ4n) is 3.67. The van der Waals surface area contributed by atoms with Gasteiger partial charge >= 0.3 is 0 Å². The standard InChI is InChI=1S/C19H25N7OS/c27-10-1-5-25-6-8-26(9-7-25)19-20-14-4-11-28-17(14)18(22-19)21-16-12-15(23-24-16)13-2-3-13/h4,11-13,27H,1-3,5-10H2,(H2,20,21,22,23,24). The Balaban J connectivity index is 1.35. The number of fused-ring (bicyclic) bond motifs is 1. The van der Waals surface area contributed by atoms with Crippen molar-refractivity contribution in [2.75, 3.05) is 49.5 Å². The highest BCUT2D eigenvalue weighted by atomic mass is 32.1. The van der Waals surface area contributed by atoms with E-state index in [0.717, 1.165) is 66.9 Å². The van der Waals surface area contributed by atoms with E-state index in [1.807, 2.05) is 6.07 Å². The number of rotatable bonds is 7. The van der Waals surface area contributed by atoms with Crippen molar-refractivity contribution in [3.05, 3.63) is 23.2 Å². The van der Waals surface area contributed by atoms with Crippen LogP contribution in [0.4, 0.5) is 17.6 Å². The Morgan fingerprint density at radius 2 is 2.07 bits per heavy atom. The molecule has 1 saturated carbocycles. The Bertz CT molecular complexity index is 943. The Morgan fingerprint density at radius 1 is 1.21 bits per heavy atom. The molecule has 2 fully saturated rings. The highest BCUT2D eigenvalue weighted by Crippen LogP contribution is 2.40. The molecule has 148 valence electrons. The topological polar surface area (TPSA) is 93.2 Å². The van der Waals surface area contributed by atoms with Gasteiger partial charge in [-0.3, -0.25) is 10.00 Å². The van der Waals surface area contributed by atoms with E-state index >= 15 is 0 Å². The lowest BCUT2D eigenvalue weighted by atomic mass is 10.3. The SMILES string of the molecule is OCCCN1CCN(c2nc(Nc3cc(C4CC4)[nH]n3)c3sccc3n2)CC1. The van der Waals surface area contributed by atoms with Crippen LogP contribution in [0.5, 0.6) is 0 Å². The number of aromatic nitrogens is 4. The molecule has 0 spiro atoms. The molecule has 3 aromatic heterocycles. The van der Waals surface area contributed by atoms with Crippen LogP contribution < -0.4 is 10.2 Å². The molecule has 1 aliphatic carbocycles. The molecular weight excluding hydrogens is 374 g/mol. The van der Waals surface area contributed by atoms with E-state index in [9.17, 15) is 0 Å². The van der Waals surface area contributed by atoms with Crippen LogP contribution >= 0.6 is 11.3 Å². The highest BCUT2D eigenvalue weighted by molar-refractivity contribution is 7.17. The number of nitrogens with one attached hydrogen (secondary N) is 2. The molecule has 4 heterocycles. The summed E-state index contributed by atoms with van der Waals surface area (Å²) in [4.78, 5) is 14.3. The zero-order valence-corrected chi connectivity index (χ0v) is 16.6. The lowest BCUT2D eigenvalue weighted by Crippen LogP contribution is -2.47. The van der Waals surface area contributed by atoms with Crippen LogP contribution in [0.1, 0.15) is 30.9 Å². The molecule has 9 heteroatoms. The number of anilines is 3. The lowest BCUT2D eigenvalue weighted by Gasteiger charge is -2.34. The van der Waals surface area contributed by atoms with E-state index in [0.29, 0.717) is 5.92 Å². The van der Waals surface area contributed by atoms with Gasteiger partial charge in [-0.25, -0.2) is 4.98 Å². The van der Waals surface area contributed by atoms with Gasteiger partial charge in [0.2, 0.25) is 5.95 Å². The zero-order valence-electron chi connectivity index (χ0n) is 15.8. The molecule has 0 atom stereocenters. The first kappa shape index (κ1) is 17.8. The van der Waals surface area contributed by atoms with Gasteiger partial charge in [-0.2, -0.15) is 10.1 Å². The molecule has 1 saturated heterocycles. The van der Waals surface area contributed by atoms with Gasteiger partial charge in [0, 0.05) is 57.0 Å². The molecular formula is C19H25N7OS. The highest BCUT2D eigenvalue weighted by Gasteiger charge is 2.26. The summed E-state index contributed by atoms with van der Waals surface area (Å²) < 4.78 is 1.06. The normalized spacial score (nSPS) is 18.1. The van der Waals surface area contributed by atoms with Gasteiger partial charge < -0.3 is 15.3 Å². The Morgan fingerprint density at radius 3 is 2.86 bits per heavy atom. The van der Waals surface area contributed by atoms with Crippen molar-refractivity contribution in [1.29, 1.82) is 0 Å². The average molecular weight is 400 g/mol. The monoisotopic (exact) mass is 399 g/mol. The van der Waals surface area contributed by atoms with E-state index in [1.54, 1.807) is 11.3 Å². The van der Waals surface area contributed by atoms with Gasteiger partial charge in [0.15, 0.2) is 11.6 Å². The molecule has 0 unspecified atom stereocenters. The van der Waals surface area contributed by atoms with Gasteiger partial charge in [0.25, 0.3) is 0 Å². The molecule has 8 nitrogen and oxygen atoms in total. The molecule has 1 aliphatic heterocycles. The predicted octanol–water partition coefficient (Wildman–Crippen LogP) is 2.54. The lowest BCUT2D eigenvalue weighted by molar-refractivity contribution is 0.215. The van der Waals surface area contributed by atoms with Crippen molar-refractivity contribution in [2.24, 2.45) is 0 Å². The van der Waals surface area contributed by atoms with E-state index in [2.05, 4.69) is 36.8 Å². The van der Waals surface area contributed by atoms with Crippen LogP contribution in [0.3, 0.4) is 0 Å². The summed E-state index contributed by atoms with van der Waals surface area (Å²) in [5.41, 5.74) is 2.18. The van der Waals surface area contributed by atoms with Crippen LogP contribution in [0.15, 0.2) is 17.5 Å². The van der Waals surface area contributed by atoms with Gasteiger partial charge in [-0.05, 0) is 30.7 Å². The van der Waals surface area contributed by atoms with Gasteiger partial charge in [-0.1, -0.05) is 0 Å². The average Bonchev–Trinajstić information content (AvgIpc) is 3.27. The quantitative estimate of drug-likeness (QED) is 0.562. The molecule has 28 heavy (non-hydrogen) atoms. The fourth-order valence-corrected chi connectivity index (χ4v) is 4.44. The van der Waals surface area contributed by atoms with Crippen molar-refractivity contribution in [2.45, 2.75) is 25.2 Å². The summed E-state index contributed by atoms with van der Waals surface area (Å²) in [6.45, 7) is 4.94. The van der Waals surface area contributed by atoms with Crippen molar-refractivity contribution in [3.8, 4) is 0 Å².